The molecule has 1 N–H and O–H groups in total. The molecule has 8 nitrogen and oxygen atoms in total. The van der Waals surface area contributed by atoms with E-state index in [1.54, 1.807) is 7.11 Å². The molecule has 0 unspecified atom stereocenters. The third kappa shape index (κ3) is 4.37. The van der Waals surface area contributed by atoms with Gasteiger partial charge in [0.15, 0.2) is 0 Å². The van der Waals surface area contributed by atoms with Gasteiger partial charge in [-0.2, -0.15) is 0 Å². The molecule has 2 fully saturated rings. The molecule has 3 heterocycles. The normalized spacial score (nSPS) is 23.2. The van der Waals surface area contributed by atoms with Crippen LogP contribution < -0.4 is 0 Å². The van der Waals surface area contributed by atoms with E-state index in [0.29, 0.717) is 6.54 Å². The Morgan fingerprint density at radius 3 is 2.72 bits per heavy atom. The smallest absolute Gasteiger partial charge is 0.248 e. The van der Waals surface area contributed by atoms with Gasteiger partial charge in [-0.1, -0.05) is 0 Å². The first-order valence-electron chi connectivity index (χ1n) is 9.13. The highest BCUT2D eigenvalue weighted by molar-refractivity contribution is 5.77. The molecule has 8 heteroatoms. The lowest BCUT2D eigenvalue weighted by atomic mass is 9.97. The van der Waals surface area contributed by atoms with Gasteiger partial charge >= 0.3 is 0 Å². The summed E-state index contributed by atoms with van der Waals surface area (Å²) in [6, 6.07) is 0. The maximum Gasteiger partial charge on any atom is 0.248 e. The van der Waals surface area contributed by atoms with Gasteiger partial charge in [0, 0.05) is 46.3 Å². The number of piperidine rings is 2. The quantitative estimate of drug-likeness (QED) is 0.811. The molecule has 25 heavy (non-hydrogen) atoms. The van der Waals surface area contributed by atoms with E-state index in [1.165, 1.54) is 0 Å². The standard InChI is InChI=1S/C17H29N5O3/c1-20-15(11-21-8-5-14(23)6-9-21)18-19-17(20)13-4-3-7-22(10-13)16(24)12-25-2/h13-14,23H,3-12H2,1-2H3/t13-/m0/s1. The van der Waals surface area contributed by atoms with Crippen molar-refractivity contribution in [1.29, 1.82) is 0 Å². The summed E-state index contributed by atoms with van der Waals surface area (Å²) in [5, 5.41) is 18.4. The summed E-state index contributed by atoms with van der Waals surface area (Å²) in [6.07, 6.45) is 3.49. The number of aliphatic hydroxyl groups is 1. The summed E-state index contributed by atoms with van der Waals surface area (Å²) in [6.45, 7) is 4.16. The second-order valence-electron chi connectivity index (χ2n) is 7.15. The maximum atomic E-state index is 12.1. The van der Waals surface area contributed by atoms with Gasteiger partial charge in [0.1, 0.15) is 18.3 Å². The number of hydrogen-bond donors (Lipinski definition) is 1. The minimum absolute atomic E-state index is 0.0430. The highest BCUT2D eigenvalue weighted by atomic mass is 16.5. The number of aliphatic hydroxyl groups excluding tert-OH is 1. The fourth-order valence-corrected chi connectivity index (χ4v) is 3.78. The highest BCUT2D eigenvalue weighted by Crippen LogP contribution is 2.26. The summed E-state index contributed by atoms with van der Waals surface area (Å²) < 4.78 is 7.05. The molecule has 1 amide bonds. The Kier molecular flexibility index (Phi) is 6.03. The molecule has 0 bridgehead atoms. The number of carbonyl (C=O) groups is 1. The van der Waals surface area contributed by atoms with Crippen molar-refractivity contribution >= 4 is 5.91 Å². The van der Waals surface area contributed by atoms with E-state index < -0.39 is 0 Å². The van der Waals surface area contributed by atoms with E-state index in [2.05, 4.69) is 19.7 Å². The van der Waals surface area contributed by atoms with Crippen molar-refractivity contribution in [3.8, 4) is 0 Å². The lowest BCUT2D eigenvalue weighted by Crippen LogP contribution is -2.41. The molecule has 2 saturated heterocycles. The SMILES string of the molecule is COCC(=O)N1CCC[C@H](c2nnc(CN3CCC(O)CC3)n2C)C1. The van der Waals surface area contributed by atoms with Gasteiger partial charge in [0.2, 0.25) is 5.91 Å². The van der Waals surface area contributed by atoms with Crippen LogP contribution in [-0.2, 0) is 23.1 Å². The van der Waals surface area contributed by atoms with Crippen molar-refractivity contribution in [3.63, 3.8) is 0 Å². The molecule has 140 valence electrons. The van der Waals surface area contributed by atoms with Crippen LogP contribution in [0.1, 0.15) is 43.3 Å². The molecule has 1 aromatic rings. The van der Waals surface area contributed by atoms with E-state index in [4.69, 9.17) is 4.74 Å². The molecular weight excluding hydrogens is 322 g/mol. The molecule has 1 atom stereocenters. The fraction of sp³-hybridized carbons (Fsp3) is 0.824. The highest BCUT2D eigenvalue weighted by Gasteiger charge is 2.28. The zero-order chi connectivity index (χ0) is 17.8. The van der Waals surface area contributed by atoms with Crippen molar-refractivity contribution in [2.45, 2.75) is 44.2 Å². The number of ether oxygens (including phenoxy) is 1. The zero-order valence-corrected chi connectivity index (χ0v) is 15.2. The monoisotopic (exact) mass is 351 g/mol. The van der Waals surface area contributed by atoms with Crippen LogP contribution in [0.15, 0.2) is 0 Å². The van der Waals surface area contributed by atoms with Gasteiger partial charge in [0.05, 0.1) is 12.6 Å². The van der Waals surface area contributed by atoms with E-state index in [0.717, 1.165) is 63.5 Å². The van der Waals surface area contributed by atoms with Crippen LogP contribution in [0.4, 0.5) is 0 Å². The third-order valence-electron chi connectivity index (χ3n) is 5.33. The molecule has 2 aliphatic rings. The first-order chi connectivity index (χ1) is 12.1. The number of amides is 1. The summed E-state index contributed by atoms with van der Waals surface area (Å²) in [4.78, 5) is 16.3. The van der Waals surface area contributed by atoms with Gasteiger partial charge in [-0.3, -0.25) is 9.69 Å². The van der Waals surface area contributed by atoms with Crippen molar-refractivity contribution in [2.24, 2.45) is 7.05 Å². The summed E-state index contributed by atoms with van der Waals surface area (Å²) >= 11 is 0. The average molecular weight is 351 g/mol. The van der Waals surface area contributed by atoms with E-state index in [9.17, 15) is 9.90 Å². The van der Waals surface area contributed by atoms with Crippen LogP contribution in [0.3, 0.4) is 0 Å². The average Bonchev–Trinajstić information content (AvgIpc) is 2.98. The van der Waals surface area contributed by atoms with Crippen LogP contribution in [-0.4, -0.2) is 81.6 Å². The zero-order valence-electron chi connectivity index (χ0n) is 15.2. The number of likely N-dealkylation sites (tertiary alicyclic amines) is 2. The Labute approximate surface area is 148 Å². The lowest BCUT2D eigenvalue weighted by Gasteiger charge is -2.32. The number of aromatic nitrogens is 3. The molecule has 3 rings (SSSR count). The predicted molar refractivity (Wildman–Crippen MR) is 92.0 cm³/mol. The van der Waals surface area contributed by atoms with E-state index in [-0.39, 0.29) is 24.5 Å². The van der Waals surface area contributed by atoms with Gasteiger partial charge in [-0.15, -0.1) is 10.2 Å². The number of hydrogen-bond acceptors (Lipinski definition) is 6. The number of nitrogens with zero attached hydrogens (tertiary/aromatic N) is 5. The Hall–Kier alpha value is -1.51. The van der Waals surface area contributed by atoms with Crippen molar-refractivity contribution < 1.29 is 14.6 Å². The van der Waals surface area contributed by atoms with Crippen molar-refractivity contribution in [1.82, 2.24) is 24.6 Å². The number of methoxy groups -OCH3 is 1. The predicted octanol–water partition coefficient (Wildman–Crippen LogP) is 0.124. The molecule has 0 aromatic carbocycles. The molecule has 2 aliphatic heterocycles. The van der Waals surface area contributed by atoms with E-state index in [1.807, 2.05) is 11.9 Å². The van der Waals surface area contributed by atoms with Gasteiger partial charge < -0.3 is 19.3 Å². The van der Waals surface area contributed by atoms with Crippen molar-refractivity contribution in [3.05, 3.63) is 11.6 Å². The number of rotatable bonds is 5. The Morgan fingerprint density at radius 1 is 1.24 bits per heavy atom. The Balaban J connectivity index is 1.63. The molecular formula is C17H29N5O3. The van der Waals surface area contributed by atoms with Crippen LogP contribution in [0.2, 0.25) is 0 Å². The summed E-state index contributed by atoms with van der Waals surface area (Å²) in [5.74, 6) is 2.18. The first-order valence-corrected chi connectivity index (χ1v) is 9.13. The van der Waals surface area contributed by atoms with Crippen LogP contribution in [0.5, 0.6) is 0 Å². The lowest BCUT2D eigenvalue weighted by molar-refractivity contribution is -0.136. The van der Waals surface area contributed by atoms with Gasteiger partial charge in [0.25, 0.3) is 0 Å². The minimum Gasteiger partial charge on any atom is -0.393 e. The van der Waals surface area contributed by atoms with E-state index >= 15 is 0 Å². The number of carbonyl (C=O) groups excluding carboxylic acids is 1. The third-order valence-corrected chi connectivity index (χ3v) is 5.33. The van der Waals surface area contributed by atoms with Gasteiger partial charge in [-0.25, -0.2) is 0 Å². The largest absolute Gasteiger partial charge is 0.393 e. The van der Waals surface area contributed by atoms with Crippen LogP contribution in [0, 0.1) is 0 Å². The van der Waals surface area contributed by atoms with Gasteiger partial charge in [-0.05, 0) is 25.7 Å². The summed E-state index contributed by atoms with van der Waals surface area (Å²) in [7, 11) is 3.56. The summed E-state index contributed by atoms with van der Waals surface area (Å²) in [5.41, 5.74) is 0. The minimum atomic E-state index is -0.163. The van der Waals surface area contributed by atoms with Crippen molar-refractivity contribution in [2.75, 3.05) is 39.9 Å². The second-order valence-corrected chi connectivity index (χ2v) is 7.15. The first kappa shape index (κ1) is 18.3. The van der Waals surface area contributed by atoms with Crippen LogP contribution >= 0.6 is 0 Å². The molecule has 0 radical (unpaired) electrons. The fourth-order valence-electron chi connectivity index (χ4n) is 3.78. The molecule has 0 aliphatic carbocycles. The molecule has 0 spiro atoms. The topological polar surface area (TPSA) is 83.7 Å². The van der Waals surface area contributed by atoms with Crippen LogP contribution in [0.25, 0.3) is 0 Å². The Bertz CT molecular complexity index is 583. The Morgan fingerprint density at radius 2 is 2.00 bits per heavy atom. The molecule has 1 aromatic heterocycles. The molecule has 0 saturated carbocycles. The second kappa shape index (κ2) is 8.25. The maximum absolute atomic E-state index is 12.1.